The molecule has 0 unspecified atom stereocenters. The molecule has 0 aliphatic rings. The van der Waals surface area contributed by atoms with Gasteiger partial charge < -0.3 is 20.6 Å². The van der Waals surface area contributed by atoms with E-state index in [0.29, 0.717) is 24.3 Å². The lowest BCUT2D eigenvalue weighted by Crippen LogP contribution is -2.30. The number of hydrogen-bond acceptors (Lipinski definition) is 4. The summed E-state index contributed by atoms with van der Waals surface area (Å²) < 4.78 is 4.91. The Morgan fingerprint density at radius 1 is 1.50 bits per heavy atom. The topological polar surface area (TPSA) is 88.2 Å². The van der Waals surface area contributed by atoms with Crippen molar-refractivity contribution in [2.45, 2.75) is 0 Å². The maximum atomic E-state index is 12.0. The van der Waals surface area contributed by atoms with Crippen molar-refractivity contribution in [3.05, 3.63) is 35.4 Å². The van der Waals surface area contributed by atoms with Gasteiger partial charge in [-0.25, -0.2) is 0 Å². The number of amides is 1. The van der Waals surface area contributed by atoms with E-state index in [1.165, 1.54) is 0 Å². The molecule has 98 valence electrons. The number of benzene rings is 1. The highest BCUT2D eigenvalue weighted by Crippen LogP contribution is 2.07. The smallest absolute Gasteiger partial charge is 0.253 e. The molecule has 1 aromatic carbocycles. The second-order valence-electron chi connectivity index (χ2n) is 3.79. The number of carbonyl (C=O) groups is 1. The van der Waals surface area contributed by atoms with Crippen molar-refractivity contribution in [3.63, 3.8) is 0 Å². The number of likely N-dealkylation sites (N-methyl/N-ethyl adjacent to an activating group) is 1. The van der Waals surface area contributed by atoms with Gasteiger partial charge in [-0.15, -0.1) is 0 Å². The molecule has 1 amide bonds. The molecular formula is C12H17N3O3. The molecule has 1 rings (SSSR count). The monoisotopic (exact) mass is 251 g/mol. The van der Waals surface area contributed by atoms with Gasteiger partial charge in [0.25, 0.3) is 5.91 Å². The Morgan fingerprint density at radius 2 is 2.17 bits per heavy atom. The number of methoxy groups -OCH3 is 1. The summed E-state index contributed by atoms with van der Waals surface area (Å²) in [5, 5.41) is 11.5. The number of amidine groups is 1. The third-order valence-electron chi connectivity index (χ3n) is 2.49. The Balaban J connectivity index is 2.86. The van der Waals surface area contributed by atoms with Gasteiger partial charge in [0.1, 0.15) is 0 Å². The molecule has 0 fully saturated rings. The largest absolute Gasteiger partial charge is 0.409 e. The molecular weight excluding hydrogens is 234 g/mol. The maximum absolute atomic E-state index is 12.0. The molecule has 0 atom stereocenters. The van der Waals surface area contributed by atoms with Crippen molar-refractivity contribution < 1.29 is 14.7 Å². The highest BCUT2D eigenvalue weighted by Gasteiger charge is 2.12. The van der Waals surface area contributed by atoms with Gasteiger partial charge in [0.2, 0.25) is 0 Å². The van der Waals surface area contributed by atoms with Crippen molar-refractivity contribution in [1.82, 2.24) is 4.90 Å². The molecule has 1 aromatic rings. The van der Waals surface area contributed by atoms with Gasteiger partial charge in [0.05, 0.1) is 6.61 Å². The molecule has 0 radical (unpaired) electrons. The highest BCUT2D eigenvalue weighted by molar-refractivity contribution is 6.01. The molecule has 0 aliphatic heterocycles. The third-order valence-corrected chi connectivity index (χ3v) is 2.49. The summed E-state index contributed by atoms with van der Waals surface area (Å²) in [6.45, 7) is 0.977. The van der Waals surface area contributed by atoms with Crippen LogP contribution in [0.2, 0.25) is 0 Å². The van der Waals surface area contributed by atoms with E-state index in [-0.39, 0.29) is 11.7 Å². The lowest BCUT2D eigenvalue weighted by atomic mass is 10.1. The van der Waals surface area contributed by atoms with Gasteiger partial charge in [0.15, 0.2) is 5.84 Å². The molecule has 0 aromatic heterocycles. The van der Waals surface area contributed by atoms with Crippen LogP contribution in [0.1, 0.15) is 15.9 Å². The van der Waals surface area contributed by atoms with Gasteiger partial charge in [-0.05, 0) is 12.1 Å². The van der Waals surface area contributed by atoms with E-state index < -0.39 is 0 Å². The lowest BCUT2D eigenvalue weighted by molar-refractivity contribution is 0.0744. The van der Waals surface area contributed by atoms with Crippen LogP contribution in [0.4, 0.5) is 0 Å². The molecule has 6 heteroatoms. The van der Waals surface area contributed by atoms with Gasteiger partial charge in [-0.3, -0.25) is 4.79 Å². The fraction of sp³-hybridized carbons (Fsp3) is 0.333. The number of oxime groups is 1. The zero-order valence-electron chi connectivity index (χ0n) is 10.5. The summed E-state index contributed by atoms with van der Waals surface area (Å²) in [6.07, 6.45) is 0. The second-order valence-corrected chi connectivity index (χ2v) is 3.79. The van der Waals surface area contributed by atoms with Crippen LogP contribution in [0.3, 0.4) is 0 Å². The molecule has 0 spiro atoms. The summed E-state index contributed by atoms with van der Waals surface area (Å²) in [6, 6.07) is 6.62. The average molecular weight is 251 g/mol. The molecule has 6 nitrogen and oxygen atoms in total. The third kappa shape index (κ3) is 3.46. The first-order valence-corrected chi connectivity index (χ1v) is 5.42. The van der Waals surface area contributed by atoms with Gasteiger partial charge in [-0.1, -0.05) is 17.3 Å². The Kier molecular flexibility index (Phi) is 5.13. The molecule has 0 heterocycles. The highest BCUT2D eigenvalue weighted by atomic mass is 16.5. The van der Waals surface area contributed by atoms with Gasteiger partial charge in [0, 0.05) is 31.8 Å². The standard InChI is InChI=1S/C12H17N3O3/c1-15(6-7-18-2)12(16)10-5-3-4-9(8-10)11(13)14-17/h3-5,8,17H,6-7H2,1-2H3,(H2,13,14). The zero-order chi connectivity index (χ0) is 13.5. The molecule has 18 heavy (non-hydrogen) atoms. The van der Waals surface area contributed by atoms with Crippen LogP contribution < -0.4 is 5.73 Å². The van der Waals surface area contributed by atoms with E-state index in [4.69, 9.17) is 15.7 Å². The van der Waals surface area contributed by atoms with Crippen LogP contribution in [0.25, 0.3) is 0 Å². The van der Waals surface area contributed by atoms with Crippen LogP contribution in [0.15, 0.2) is 29.4 Å². The van der Waals surface area contributed by atoms with Crippen LogP contribution in [-0.2, 0) is 4.74 Å². The summed E-state index contributed by atoms with van der Waals surface area (Å²) in [4.78, 5) is 13.6. The zero-order valence-corrected chi connectivity index (χ0v) is 10.5. The number of hydrogen-bond donors (Lipinski definition) is 2. The van der Waals surface area contributed by atoms with E-state index in [1.54, 1.807) is 43.3 Å². The Morgan fingerprint density at radius 3 is 2.78 bits per heavy atom. The Labute approximate surface area is 106 Å². The number of nitrogens with zero attached hydrogens (tertiary/aromatic N) is 2. The van der Waals surface area contributed by atoms with Gasteiger partial charge in [-0.2, -0.15) is 0 Å². The summed E-state index contributed by atoms with van der Waals surface area (Å²) >= 11 is 0. The van der Waals surface area contributed by atoms with E-state index in [9.17, 15) is 4.79 Å². The van der Waals surface area contributed by atoms with Crippen molar-refractivity contribution in [2.24, 2.45) is 10.9 Å². The number of carbonyl (C=O) groups excluding carboxylic acids is 1. The van der Waals surface area contributed by atoms with E-state index in [2.05, 4.69) is 5.16 Å². The minimum absolute atomic E-state index is 0.0239. The minimum Gasteiger partial charge on any atom is -0.409 e. The number of ether oxygens (including phenoxy) is 1. The fourth-order valence-corrected chi connectivity index (χ4v) is 1.42. The maximum Gasteiger partial charge on any atom is 0.253 e. The molecule has 0 saturated carbocycles. The minimum atomic E-state index is -0.139. The summed E-state index contributed by atoms with van der Waals surface area (Å²) in [5.41, 5.74) is 6.46. The molecule has 0 aliphatic carbocycles. The van der Waals surface area contributed by atoms with Crippen LogP contribution in [-0.4, -0.2) is 49.2 Å². The number of rotatable bonds is 5. The normalized spacial score (nSPS) is 11.3. The van der Waals surface area contributed by atoms with Crippen LogP contribution in [0, 0.1) is 0 Å². The lowest BCUT2D eigenvalue weighted by Gasteiger charge is -2.16. The average Bonchev–Trinajstić information content (AvgIpc) is 2.43. The van der Waals surface area contributed by atoms with E-state index in [1.807, 2.05) is 0 Å². The van der Waals surface area contributed by atoms with Crippen molar-refractivity contribution in [3.8, 4) is 0 Å². The summed E-state index contributed by atoms with van der Waals surface area (Å²) in [5.74, 6) is -0.163. The molecule has 0 bridgehead atoms. The quantitative estimate of drug-likeness (QED) is 0.345. The molecule has 3 N–H and O–H groups in total. The Bertz CT molecular complexity index is 446. The second kappa shape index (κ2) is 6.61. The predicted molar refractivity (Wildman–Crippen MR) is 67.8 cm³/mol. The first kappa shape index (κ1) is 14.0. The number of nitrogens with two attached hydrogens (primary N) is 1. The van der Waals surface area contributed by atoms with Crippen molar-refractivity contribution >= 4 is 11.7 Å². The van der Waals surface area contributed by atoms with Gasteiger partial charge >= 0.3 is 0 Å². The van der Waals surface area contributed by atoms with E-state index >= 15 is 0 Å². The summed E-state index contributed by atoms with van der Waals surface area (Å²) in [7, 11) is 3.27. The SMILES string of the molecule is COCCN(C)C(=O)c1cccc(/C(N)=N/O)c1. The predicted octanol–water partition coefficient (Wildman–Crippen LogP) is 0.500. The van der Waals surface area contributed by atoms with Crippen LogP contribution >= 0.6 is 0 Å². The first-order valence-electron chi connectivity index (χ1n) is 5.42. The Hall–Kier alpha value is -2.08. The fourth-order valence-electron chi connectivity index (χ4n) is 1.42. The van der Waals surface area contributed by atoms with Crippen LogP contribution in [0.5, 0.6) is 0 Å². The van der Waals surface area contributed by atoms with E-state index in [0.717, 1.165) is 0 Å². The first-order chi connectivity index (χ1) is 8.60. The van der Waals surface area contributed by atoms with Crippen molar-refractivity contribution in [2.75, 3.05) is 27.3 Å². The van der Waals surface area contributed by atoms with Crippen molar-refractivity contribution in [1.29, 1.82) is 0 Å². The molecule has 0 saturated heterocycles.